The van der Waals surface area contributed by atoms with Gasteiger partial charge in [0.05, 0.1) is 32.7 Å². The first-order valence-corrected chi connectivity index (χ1v) is 8.18. The van der Waals surface area contributed by atoms with E-state index in [2.05, 4.69) is 38.1 Å². The lowest BCUT2D eigenvalue weighted by Gasteiger charge is -2.20. The minimum absolute atomic E-state index is 0.117. The molecule has 1 aliphatic rings. The fraction of sp³-hybridized carbons (Fsp3) is 0.286. The fourth-order valence-electron chi connectivity index (χ4n) is 3.13. The third kappa shape index (κ3) is 3.00. The number of nitrogens with zero attached hydrogens (tertiary/aromatic N) is 1. The Labute approximate surface area is 148 Å². The van der Waals surface area contributed by atoms with Crippen LogP contribution in [-0.2, 0) is 5.41 Å². The summed E-state index contributed by atoms with van der Waals surface area (Å²) in [7, 11) is 4.83. The molecule has 4 nitrogen and oxygen atoms in total. The largest absolute Gasteiger partial charge is 0.493 e. The second-order valence-corrected chi connectivity index (χ2v) is 6.43. The highest BCUT2D eigenvalue weighted by Gasteiger charge is 2.32. The third-order valence-electron chi connectivity index (χ3n) is 4.58. The number of benzene rings is 2. The first-order valence-electron chi connectivity index (χ1n) is 8.18. The van der Waals surface area contributed by atoms with Gasteiger partial charge in [-0.2, -0.15) is 0 Å². The van der Waals surface area contributed by atoms with Crippen molar-refractivity contribution in [1.82, 2.24) is 0 Å². The predicted molar refractivity (Wildman–Crippen MR) is 102 cm³/mol. The van der Waals surface area contributed by atoms with Crippen LogP contribution in [-0.4, -0.2) is 27.0 Å². The summed E-state index contributed by atoms with van der Waals surface area (Å²) in [4.78, 5) is 4.78. The van der Waals surface area contributed by atoms with Crippen LogP contribution >= 0.6 is 0 Å². The molecule has 0 saturated heterocycles. The average Bonchev–Trinajstić information content (AvgIpc) is 2.89. The van der Waals surface area contributed by atoms with Crippen molar-refractivity contribution in [3.63, 3.8) is 0 Å². The molecule has 25 heavy (non-hydrogen) atoms. The highest BCUT2D eigenvalue weighted by Crippen LogP contribution is 2.41. The van der Waals surface area contributed by atoms with Gasteiger partial charge in [0, 0.05) is 5.41 Å². The van der Waals surface area contributed by atoms with Crippen LogP contribution in [0.2, 0.25) is 0 Å². The van der Waals surface area contributed by atoms with Crippen molar-refractivity contribution >= 4 is 17.5 Å². The van der Waals surface area contributed by atoms with Crippen molar-refractivity contribution in [3.05, 3.63) is 53.6 Å². The monoisotopic (exact) mass is 337 g/mol. The van der Waals surface area contributed by atoms with Crippen LogP contribution in [0.25, 0.3) is 6.08 Å². The normalized spacial score (nSPS) is 15.0. The third-order valence-corrected chi connectivity index (χ3v) is 4.58. The molecule has 1 heterocycles. The molecule has 0 fully saturated rings. The van der Waals surface area contributed by atoms with Crippen LogP contribution < -0.4 is 14.2 Å². The lowest BCUT2D eigenvalue weighted by molar-refractivity contribution is 0.324. The van der Waals surface area contributed by atoms with Gasteiger partial charge >= 0.3 is 0 Å². The van der Waals surface area contributed by atoms with Crippen LogP contribution in [0.15, 0.2) is 47.5 Å². The summed E-state index contributed by atoms with van der Waals surface area (Å²) in [6.45, 7) is 4.38. The molecule has 0 aromatic heterocycles. The Morgan fingerprint density at radius 3 is 2.08 bits per heavy atom. The first-order chi connectivity index (χ1) is 12.0. The Bertz CT molecular complexity index is 825. The predicted octanol–water partition coefficient (Wildman–Crippen LogP) is 4.79. The lowest BCUT2D eigenvalue weighted by atomic mass is 9.81. The van der Waals surface area contributed by atoms with Gasteiger partial charge in [-0.25, -0.2) is 0 Å². The Balaban J connectivity index is 1.96. The molecule has 1 aliphatic heterocycles. The number of ether oxygens (including phenoxy) is 3. The van der Waals surface area contributed by atoms with E-state index in [-0.39, 0.29) is 5.41 Å². The molecular formula is C21H23NO3. The van der Waals surface area contributed by atoms with E-state index in [1.807, 2.05) is 24.3 Å². The second-order valence-electron chi connectivity index (χ2n) is 6.43. The van der Waals surface area contributed by atoms with E-state index in [1.54, 1.807) is 21.3 Å². The van der Waals surface area contributed by atoms with E-state index < -0.39 is 0 Å². The Morgan fingerprint density at radius 2 is 1.52 bits per heavy atom. The van der Waals surface area contributed by atoms with E-state index >= 15 is 0 Å². The number of fused-ring (bicyclic) bond motifs is 1. The van der Waals surface area contributed by atoms with Crippen molar-refractivity contribution in [2.75, 3.05) is 21.3 Å². The summed E-state index contributed by atoms with van der Waals surface area (Å²) in [5.74, 6) is 1.86. The van der Waals surface area contributed by atoms with Gasteiger partial charge in [-0.15, -0.1) is 0 Å². The second kappa shape index (κ2) is 6.63. The van der Waals surface area contributed by atoms with Crippen molar-refractivity contribution in [1.29, 1.82) is 0 Å². The minimum atomic E-state index is -0.117. The molecule has 0 radical (unpaired) electrons. The van der Waals surface area contributed by atoms with Crippen LogP contribution in [0.4, 0.5) is 5.69 Å². The lowest BCUT2D eigenvalue weighted by Crippen LogP contribution is -2.23. The maximum Gasteiger partial charge on any atom is 0.203 e. The molecule has 0 bridgehead atoms. The minimum Gasteiger partial charge on any atom is -0.493 e. The van der Waals surface area contributed by atoms with E-state index in [9.17, 15) is 0 Å². The molecule has 0 amide bonds. The van der Waals surface area contributed by atoms with Crippen molar-refractivity contribution < 1.29 is 14.2 Å². The number of aliphatic imine (C=N–C) groups is 1. The van der Waals surface area contributed by atoms with Gasteiger partial charge in [0.2, 0.25) is 5.75 Å². The van der Waals surface area contributed by atoms with Crippen molar-refractivity contribution in [2.45, 2.75) is 19.3 Å². The van der Waals surface area contributed by atoms with Gasteiger partial charge in [0.25, 0.3) is 0 Å². The zero-order chi connectivity index (χ0) is 18.0. The standard InChI is InChI=1S/C21H23NO3/c1-21(2)15-8-6-7-9-16(15)22-19(21)11-10-14-12-17(23-3)20(25-5)18(13-14)24-4/h6-13H,1-5H3/b11-10+. The molecule has 3 rings (SSSR count). The molecule has 0 saturated carbocycles. The van der Waals surface area contributed by atoms with Gasteiger partial charge in [-0.3, -0.25) is 4.99 Å². The maximum atomic E-state index is 5.41. The van der Waals surface area contributed by atoms with Crippen LogP contribution in [0.1, 0.15) is 25.0 Å². The van der Waals surface area contributed by atoms with Gasteiger partial charge in [0.1, 0.15) is 0 Å². The van der Waals surface area contributed by atoms with E-state index in [0.717, 1.165) is 17.0 Å². The number of hydrogen-bond donors (Lipinski definition) is 0. The summed E-state index contributed by atoms with van der Waals surface area (Å²) in [6, 6.07) is 12.1. The van der Waals surface area contributed by atoms with Gasteiger partial charge in [0.15, 0.2) is 11.5 Å². The number of allylic oxidation sites excluding steroid dienone is 1. The van der Waals surface area contributed by atoms with E-state index in [0.29, 0.717) is 17.2 Å². The van der Waals surface area contributed by atoms with Gasteiger partial charge < -0.3 is 14.2 Å². The maximum absolute atomic E-state index is 5.41. The van der Waals surface area contributed by atoms with Crippen LogP contribution in [0.5, 0.6) is 17.2 Å². The van der Waals surface area contributed by atoms with Gasteiger partial charge in [-0.05, 0) is 35.4 Å². The van der Waals surface area contributed by atoms with Crippen molar-refractivity contribution in [3.8, 4) is 17.2 Å². The van der Waals surface area contributed by atoms with Crippen LogP contribution in [0.3, 0.4) is 0 Å². The molecular weight excluding hydrogens is 314 g/mol. The summed E-state index contributed by atoms with van der Waals surface area (Å²) in [5, 5.41) is 0. The highest BCUT2D eigenvalue weighted by atomic mass is 16.5. The Kier molecular flexibility index (Phi) is 4.53. The SMILES string of the molecule is COc1cc(/C=C/C2=Nc3ccccc3C2(C)C)cc(OC)c1OC. The average molecular weight is 337 g/mol. The van der Waals surface area contributed by atoms with E-state index in [1.165, 1.54) is 5.56 Å². The summed E-state index contributed by atoms with van der Waals surface area (Å²) in [6.07, 6.45) is 4.08. The molecule has 130 valence electrons. The zero-order valence-corrected chi connectivity index (χ0v) is 15.3. The smallest absolute Gasteiger partial charge is 0.203 e. The first kappa shape index (κ1) is 17.1. The Morgan fingerprint density at radius 1 is 0.880 bits per heavy atom. The van der Waals surface area contributed by atoms with E-state index in [4.69, 9.17) is 19.2 Å². The Hall–Kier alpha value is -2.75. The molecule has 0 aliphatic carbocycles. The fourth-order valence-corrected chi connectivity index (χ4v) is 3.13. The summed E-state index contributed by atoms with van der Waals surface area (Å²) >= 11 is 0. The molecule has 0 unspecified atom stereocenters. The van der Waals surface area contributed by atoms with Crippen molar-refractivity contribution in [2.24, 2.45) is 4.99 Å². The van der Waals surface area contributed by atoms with Crippen LogP contribution in [0, 0.1) is 0 Å². The molecule has 2 aromatic carbocycles. The summed E-state index contributed by atoms with van der Waals surface area (Å²) < 4.78 is 16.2. The topological polar surface area (TPSA) is 40.0 Å². The zero-order valence-electron chi connectivity index (χ0n) is 15.3. The number of methoxy groups -OCH3 is 3. The molecule has 0 N–H and O–H groups in total. The highest BCUT2D eigenvalue weighted by molar-refractivity contribution is 6.10. The molecule has 0 atom stereocenters. The number of rotatable bonds is 5. The molecule has 4 heteroatoms. The molecule has 0 spiro atoms. The molecule has 2 aromatic rings. The summed E-state index contributed by atoms with van der Waals surface area (Å²) in [5.41, 5.74) is 4.16. The quantitative estimate of drug-likeness (QED) is 0.787. The van der Waals surface area contributed by atoms with Gasteiger partial charge in [-0.1, -0.05) is 38.1 Å². The number of para-hydroxylation sites is 1. The number of hydrogen-bond acceptors (Lipinski definition) is 4.